The summed E-state index contributed by atoms with van der Waals surface area (Å²) in [6, 6.07) is 11.8. The third-order valence-corrected chi connectivity index (χ3v) is 3.16. The van der Waals surface area contributed by atoms with Crippen LogP contribution in [0.2, 0.25) is 10.0 Å². The molecule has 18 heavy (non-hydrogen) atoms. The van der Waals surface area contributed by atoms with Crippen LogP contribution in [0.4, 0.5) is 0 Å². The molecule has 1 unspecified atom stereocenters. The van der Waals surface area contributed by atoms with Crippen molar-refractivity contribution in [1.29, 1.82) is 0 Å². The van der Waals surface area contributed by atoms with Crippen molar-refractivity contribution in [3.8, 4) is 0 Å². The van der Waals surface area contributed by atoms with E-state index in [2.05, 4.69) is 29.4 Å². The highest BCUT2D eigenvalue weighted by molar-refractivity contribution is 6.34. The van der Waals surface area contributed by atoms with Gasteiger partial charge in [-0.2, -0.15) is 0 Å². The first-order chi connectivity index (χ1) is 8.72. The lowest BCUT2D eigenvalue weighted by Crippen LogP contribution is -2.23. The number of hydrogen-bond acceptors (Lipinski definition) is 2. The molecule has 0 aliphatic heterocycles. The van der Waals surface area contributed by atoms with Crippen molar-refractivity contribution in [2.24, 2.45) is 0 Å². The topological polar surface area (TPSA) is 24.9 Å². The Morgan fingerprint density at radius 1 is 1.22 bits per heavy atom. The minimum absolute atomic E-state index is 0.0130. The Morgan fingerprint density at radius 3 is 2.56 bits per heavy atom. The van der Waals surface area contributed by atoms with Gasteiger partial charge in [-0.1, -0.05) is 60.5 Å². The summed E-state index contributed by atoms with van der Waals surface area (Å²) >= 11 is 12.1. The summed E-state index contributed by atoms with van der Waals surface area (Å²) in [7, 11) is 0. The fourth-order valence-corrected chi connectivity index (χ4v) is 2.35. The minimum atomic E-state index is -0.0130. The third-order valence-electron chi connectivity index (χ3n) is 2.65. The summed E-state index contributed by atoms with van der Waals surface area (Å²) in [5.74, 6) is 0. The zero-order chi connectivity index (χ0) is 13.0. The molecule has 0 amide bonds. The highest BCUT2D eigenvalue weighted by Gasteiger charge is 2.17. The molecule has 0 saturated heterocycles. The summed E-state index contributed by atoms with van der Waals surface area (Å²) in [5, 5.41) is 4.51. The van der Waals surface area contributed by atoms with Gasteiger partial charge in [0.05, 0.1) is 21.8 Å². The Balaban J connectivity index is 2.41. The lowest BCUT2D eigenvalue weighted by Gasteiger charge is -2.19. The second-order valence-corrected chi connectivity index (χ2v) is 4.77. The average molecular weight is 281 g/mol. The summed E-state index contributed by atoms with van der Waals surface area (Å²) in [4.78, 5) is 4.35. The second kappa shape index (κ2) is 6.19. The zero-order valence-electron chi connectivity index (χ0n) is 10.0. The van der Waals surface area contributed by atoms with E-state index in [-0.39, 0.29) is 6.04 Å². The van der Waals surface area contributed by atoms with Gasteiger partial charge in [-0.05, 0) is 18.2 Å². The Kier molecular flexibility index (Phi) is 4.59. The largest absolute Gasteiger partial charge is 0.305 e. The molecule has 2 aromatic rings. The van der Waals surface area contributed by atoms with Crippen LogP contribution in [0, 0.1) is 0 Å². The minimum Gasteiger partial charge on any atom is -0.305 e. The summed E-state index contributed by atoms with van der Waals surface area (Å²) < 4.78 is 0. The van der Waals surface area contributed by atoms with Gasteiger partial charge in [-0.15, -0.1) is 0 Å². The molecule has 0 spiro atoms. The van der Waals surface area contributed by atoms with Crippen LogP contribution in [-0.2, 0) is 0 Å². The van der Waals surface area contributed by atoms with E-state index in [0.29, 0.717) is 10.0 Å². The Morgan fingerprint density at radius 2 is 1.94 bits per heavy atom. The smallest absolute Gasteiger partial charge is 0.0805 e. The van der Waals surface area contributed by atoms with Crippen molar-refractivity contribution >= 4 is 23.2 Å². The Bertz CT molecular complexity index is 514. The van der Waals surface area contributed by atoms with E-state index >= 15 is 0 Å². The highest BCUT2D eigenvalue weighted by Crippen LogP contribution is 2.28. The summed E-state index contributed by atoms with van der Waals surface area (Å²) in [5.41, 5.74) is 1.94. The molecule has 0 bridgehead atoms. The number of hydrogen-bond donors (Lipinski definition) is 1. The first-order valence-electron chi connectivity index (χ1n) is 5.81. The van der Waals surface area contributed by atoms with Crippen molar-refractivity contribution in [2.45, 2.75) is 13.0 Å². The first kappa shape index (κ1) is 13.3. The fourth-order valence-electron chi connectivity index (χ4n) is 1.86. The number of benzene rings is 1. The number of pyridine rings is 1. The molecule has 1 heterocycles. The van der Waals surface area contributed by atoms with Crippen LogP contribution in [-0.4, -0.2) is 11.5 Å². The average Bonchev–Trinajstić information content (AvgIpc) is 2.38. The Labute approximate surface area is 117 Å². The van der Waals surface area contributed by atoms with Gasteiger partial charge in [0.25, 0.3) is 0 Å². The zero-order valence-corrected chi connectivity index (χ0v) is 11.5. The van der Waals surface area contributed by atoms with Gasteiger partial charge >= 0.3 is 0 Å². The molecule has 0 radical (unpaired) electrons. The molecule has 4 heteroatoms. The molecule has 1 atom stereocenters. The highest BCUT2D eigenvalue weighted by atomic mass is 35.5. The first-order valence-corrected chi connectivity index (χ1v) is 6.57. The number of nitrogens with one attached hydrogen (secondary N) is 1. The second-order valence-electron chi connectivity index (χ2n) is 3.92. The maximum absolute atomic E-state index is 6.22. The lowest BCUT2D eigenvalue weighted by atomic mass is 10.0. The van der Waals surface area contributed by atoms with Gasteiger partial charge in [0.1, 0.15) is 0 Å². The van der Waals surface area contributed by atoms with Crippen molar-refractivity contribution in [1.82, 2.24) is 10.3 Å². The lowest BCUT2D eigenvalue weighted by molar-refractivity contribution is 0.616. The molecule has 0 aliphatic rings. The maximum atomic E-state index is 6.22. The van der Waals surface area contributed by atoms with Gasteiger partial charge in [0.15, 0.2) is 0 Å². The summed E-state index contributed by atoms with van der Waals surface area (Å²) in [6.45, 7) is 2.89. The van der Waals surface area contributed by atoms with Gasteiger partial charge in [-0.3, -0.25) is 4.98 Å². The van der Waals surface area contributed by atoms with Gasteiger partial charge < -0.3 is 5.32 Å². The van der Waals surface area contributed by atoms with E-state index in [1.807, 2.05) is 18.2 Å². The van der Waals surface area contributed by atoms with E-state index in [9.17, 15) is 0 Å². The third kappa shape index (κ3) is 3.02. The van der Waals surface area contributed by atoms with Crippen LogP contribution in [0.25, 0.3) is 0 Å². The van der Waals surface area contributed by atoms with Crippen LogP contribution in [0.15, 0.2) is 42.6 Å². The molecular formula is C14H14Cl2N2. The van der Waals surface area contributed by atoms with Crippen LogP contribution in [0.1, 0.15) is 24.2 Å². The maximum Gasteiger partial charge on any atom is 0.0805 e. The van der Waals surface area contributed by atoms with Crippen molar-refractivity contribution in [3.63, 3.8) is 0 Å². The molecular weight excluding hydrogens is 267 g/mol. The van der Waals surface area contributed by atoms with E-state index in [0.717, 1.165) is 17.8 Å². The number of aromatic nitrogens is 1. The normalized spacial score (nSPS) is 12.4. The van der Waals surface area contributed by atoms with E-state index in [4.69, 9.17) is 23.2 Å². The predicted octanol–water partition coefficient (Wildman–Crippen LogP) is 4.09. The van der Waals surface area contributed by atoms with Gasteiger partial charge in [0, 0.05) is 6.20 Å². The monoisotopic (exact) mass is 280 g/mol. The number of halogens is 2. The molecule has 1 aromatic carbocycles. The van der Waals surface area contributed by atoms with Crippen LogP contribution >= 0.6 is 23.2 Å². The fraction of sp³-hybridized carbons (Fsp3) is 0.214. The predicted molar refractivity (Wildman–Crippen MR) is 76.2 cm³/mol. The van der Waals surface area contributed by atoms with Crippen LogP contribution in [0.5, 0.6) is 0 Å². The van der Waals surface area contributed by atoms with Gasteiger partial charge in [0.2, 0.25) is 0 Å². The molecule has 2 nitrogen and oxygen atoms in total. The van der Waals surface area contributed by atoms with Crippen LogP contribution in [0.3, 0.4) is 0 Å². The van der Waals surface area contributed by atoms with Gasteiger partial charge in [-0.25, -0.2) is 0 Å². The molecule has 94 valence electrons. The van der Waals surface area contributed by atoms with Crippen molar-refractivity contribution < 1.29 is 0 Å². The molecule has 2 rings (SSSR count). The van der Waals surface area contributed by atoms with Crippen molar-refractivity contribution in [2.75, 3.05) is 6.54 Å². The van der Waals surface area contributed by atoms with E-state index in [1.54, 1.807) is 12.3 Å². The van der Waals surface area contributed by atoms with Crippen LogP contribution < -0.4 is 5.32 Å². The quantitative estimate of drug-likeness (QED) is 0.913. The molecule has 0 aliphatic carbocycles. The number of rotatable bonds is 4. The standard InChI is InChI=1S/C14H14Cl2N2/c1-2-17-13(10-6-4-3-5-7-10)14-12(16)8-11(15)9-18-14/h3-9,13,17H,2H2,1H3. The molecule has 0 fully saturated rings. The van der Waals surface area contributed by atoms with Crippen molar-refractivity contribution in [3.05, 3.63) is 63.9 Å². The molecule has 1 N–H and O–H groups in total. The number of nitrogens with zero attached hydrogens (tertiary/aromatic N) is 1. The Hall–Kier alpha value is -1.09. The molecule has 0 saturated carbocycles. The molecule has 1 aromatic heterocycles. The van der Waals surface area contributed by atoms with E-state index in [1.165, 1.54) is 0 Å². The SMILES string of the molecule is CCNC(c1ccccc1)c1ncc(Cl)cc1Cl. The van der Waals surface area contributed by atoms with E-state index < -0.39 is 0 Å². The summed E-state index contributed by atoms with van der Waals surface area (Å²) in [6.07, 6.45) is 1.62.